The third kappa shape index (κ3) is 3.93. The second-order valence-electron chi connectivity index (χ2n) is 4.90. The van der Waals surface area contributed by atoms with E-state index in [0.29, 0.717) is 10.2 Å². The first kappa shape index (κ1) is 16.5. The number of sulfonamides is 1. The summed E-state index contributed by atoms with van der Waals surface area (Å²) in [6.45, 7) is 0. The van der Waals surface area contributed by atoms with Gasteiger partial charge in [0.1, 0.15) is 4.47 Å². The van der Waals surface area contributed by atoms with E-state index in [0.717, 1.165) is 16.5 Å². The molecule has 0 bridgehead atoms. The van der Waals surface area contributed by atoms with Crippen LogP contribution in [0.5, 0.6) is 0 Å². The smallest absolute Gasteiger partial charge is 0.256 e. The summed E-state index contributed by atoms with van der Waals surface area (Å²) >= 11 is 3.33. The fraction of sp³-hybridized carbons (Fsp3) is 0. The molecule has 0 aliphatic rings. The SMILES string of the molecule is O=S(=O)(C=Cc1ccccc1)Nc1noc(-c2ccccc2)c1Br. The minimum atomic E-state index is -3.71. The summed E-state index contributed by atoms with van der Waals surface area (Å²) in [5.74, 6) is 0.562. The molecule has 0 aliphatic heterocycles. The zero-order valence-corrected chi connectivity index (χ0v) is 14.8. The van der Waals surface area contributed by atoms with Gasteiger partial charge in [-0.15, -0.1) is 0 Å². The number of anilines is 1. The molecule has 0 unspecified atom stereocenters. The van der Waals surface area contributed by atoms with Crippen molar-refractivity contribution in [3.63, 3.8) is 0 Å². The van der Waals surface area contributed by atoms with Crippen molar-refractivity contribution >= 4 is 37.8 Å². The van der Waals surface area contributed by atoms with E-state index in [2.05, 4.69) is 25.8 Å². The highest BCUT2D eigenvalue weighted by atomic mass is 79.9. The average Bonchev–Trinajstić information content (AvgIpc) is 2.95. The van der Waals surface area contributed by atoms with Crippen LogP contribution in [0.15, 0.2) is 75.1 Å². The molecule has 0 saturated heterocycles. The van der Waals surface area contributed by atoms with Crippen molar-refractivity contribution in [3.05, 3.63) is 76.1 Å². The van der Waals surface area contributed by atoms with Gasteiger partial charge in [0, 0.05) is 5.56 Å². The zero-order valence-electron chi connectivity index (χ0n) is 12.4. The minimum absolute atomic E-state index is 0.103. The highest BCUT2D eigenvalue weighted by Gasteiger charge is 2.18. The summed E-state index contributed by atoms with van der Waals surface area (Å²) in [5.41, 5.74) is 1.58. The van der Waals surface area contributed by atoms with Gasteiger partial charge in [0.05, 0.1) is 5.41 Å². The van der Waals surface area contributed by atoms with Crippen molar-refractivity contribution in [2.24, 2.45) is 0 Å². The lowest BCUT2D eigenvalue weighted by Gasteiger charge is -2.00. The van der Waals surface area contributed by atoms with Gasteiger partial charge >= 0.3 is 0 Å². The van der Waals surface area contributed by atoms with E-state index in [9.17, 15) is 8.42 Å². The molecule has 0 amide bonds. The lowest BCUT2D eigenvalue weighted by Crippen LogP contribution is -2.09. The van der Waals surface area contributed by atoms with Crippen LogP contribution in [0, 0.1) is 0 Å². The van der Waals surface area contributed by atoms with Crippen LogP contribution in [0.25, 0.3) is 17.4 Å². The van der Waals surface area contributed by atoms with Crippen LogP contribution in [0.4, 0.5) is 5.82 Å². The molecule has 7 heteroatoms. The van der Waals surface area contributed by atoms with Crippen LogP contribution in [0.3, 0.4) is 0 Å². The number of hydrogen-bond acceptors (Lipinski definition) is 4. The Bertz CT molecular complexity index is 952. The molecule has 1 heterocycles. The van der Waals surface area contributed by atoms with E-state index in [1.54, 1.807) is 0 Å². The molecule has 5 nitrogen and oxygen atoms in total. The van der Waals surface area contributed by atoms with Gasteiger partial charge < -0.3 is 4.52 Å². The van der Waals surface area contributed by atoms with Crippen LogP contribution < -0.4 is 4.72 Å². The first-order valence-electron chi connectivity index (χ1n) is 7.02. The topological polar surface area (TPSA) is 72.2 Å². The molecule has 0 aliphatic carbocycles. The highest BCUT2D eigenvalue weighted by Crippen LogP contribution is 2.34. The lowest BCUT2D eigenvalue weighted by molar-refractivity contribution is 0.435. The van der Waals surface area contributed by atoms with Crippen molar-refractivity contribution < 1.29 is 12.9 Å². The van der Waals surface area contributed by atoms with Gasteiger partial charge in [-0.3, -0.25) is 4.72 Å². The molecule has 1 N–H and O–H groups in total. The lowest BCUT2D eigenvalue weighted by atomic mass is 10.2. The van der Waals surface area contributed by atoms with Gasteiger partial charge in [-0.25, -0.2) is 8.42 Å². The van der Waals surface area contributed by atoms with Gasteiger partial charge in [-0.05, 0) is 27.6 Å². The number of halogens is 1. The molecule has 3 aromatic rings. The highest BCUT2D eigenvalue weighted by molar-refractivity contribution is 9.10. The monoisotopic (exact) mass is 404 g/mol. The Morgan fingerprint density at radius 2 is 1.62 bits per heavy atom. The second kappa shape index (κ2) is 7.02. The Morgan fingerprint density at radius 1 is 1.00 bits per heavy atom. The maximum Gasteiger partial charge on any atom is 0.256 e. The Morgan fingerprint density at radius 3 is 2.29 bits per heavy atom. The standard InChI is InChI=1S/C17H13BrN2O3S/c18-15-16(14-9-5-2-6-10-14)23-19-17(15)20-24(21,22)12-11-13-7-3-1-4-8-13/h1-12H,(H,19,20). The van der Waals surface area contributed by atoms with Crippen LogP contribution in [-0.2, 0) is 10.0 Å². The quantitative estimate of drug-likeness (QED) is 0.678. The molecule has 2 aromatic carbocycles. The summed E-state index contributed by atoms with van der Waals surface area (Å²) in [4.78, 5) is 0. The molecule has 24 heavy (non-hydrogen) atoms. The largest absolute Gasteiger partial charge is 0.353 e. The van der Waals surface area contributed by atoms with Crippen molar-refractivity contribution in [3.8, 4) is 11.3 Å². The number of aromatic nitrogens is 1. The zero-order chi connectivity index (χ0) is 17.0. The first-order valence-corrected chi connectivity index (χ1v) is 9.36. The average molecular weight is 405 g/mol. The van der Waals surface area contributed by atoms with Crippen LogP contribution in [0.1, 0.15) is 5.56 Å². The number of rotatable bonds is 5. The van der Waals surface area contributed by atoms with Crippen molar-refractivity contribution in [2.45, 2.75) is 0 Å². The second-order valence-corrected chi connectivity index (χ2v) is 7.26. The normalized spacial score (nSPS) is 11.7. The summed E-state index contributed by atoms with van der Waals surface area (Å²) in [5, 5.41) is 4.88. The molecular weight excluding hydrogens is 392 g/mol. The molecule has 1 aromatic heterocycles. The molecular formula is C17H13BrN2O3S. The summed E-state index contributed by atoms with van der Waals surface area (Å²) in [7, 11) is -3.71. The minimum Gasteiger partial charge on any atom is -0.353 e. The number of nitrogens with one attached hydrogen (secondary N) is 1. The maximum absolute atomic E-state index is 12.2. The fourth-order valence-electron chi connectivity index (χ4n) is 2.01. The Labute approximate surface area is 148 Å². The number of benzene rings is 2. The predicted octanol–water partition coefficient (Wildman–Crippen LogP) is 4.52. The van der Waals surface area contributed by atoms with Crippen molar-refractivity contribution in [2.75, 3.05) is 4.72 Å². The molecule has 0 saturated carbocycles. The Kier molecular flexibility index (Phi) is 4.82. The van der Waals surface area contributed by atoms with E-state index in [1.807, 2.05) is 60.7 Å². The summed E-state index contributed by atoms with van der Waals surface area (Å²) < 4.78 is 32.4. The summed E-state index contributed by atoms with van der Waals surface area (Å²) in [6.07, 6.45) is 1.51. The molecule has 122 valence electrons. The molecule has 3 rings (SSSR count). The molecule has 0 radical (unpaired) electrons. The van der Waals surface area contributed by atoms with Gasteiger partial charge in [0.15, 0.2) is 11.6 Å². The van der Waals surface area contributed by atoms with Crippen LogP contribution in [-0.4, -0.2) is 13.6 Å². The van der Waals surface area contributed by atoms with E-state index in [-0.39, 0.29) is 5.82 Å². The van der Waals surface area contributed by atoms with Crippen molar-refractivity contribution in [1.82, 2.24) is 5.16 Å². The predicted molar refractivity (Wildman–Crippen MR) is 97.7 cm³/mol. The third-order valence-corrected chi connectivity index (χ3v) is 4.86. The van der Waals surface area contributed by atoms with E-state index in [4.69, 9.17) is 4.52 Å². The maximum atomic E-state index is 12.2. The number of nitrogens with zero attached hydrogens (tertiary/aromatic N) is 1. The van der Waals surface area contributed by atoms with Gasteiger partial charge in [0.25, 0.3) is 10.0 Å². The van der Waals surface area contributed by atoms with E-state index < -0.39 is 10.0 Å². The fourth-order valence-corrected chi connectivity index (χ4v) is 3.43. The first-order chi connectivity index (χ1) is 11.6. The number of hydrogen-bond donors (Lipinski definition) is 1. The van der Waals surface area contributed by atoms with Gasteiger partial charge in [-0.2, -0.15) is 0 Å². The molecule has 0 spiro atoms. The molecule has 0 atom stereocenters. The van der Waals surface area contributed by atoms with Crippen LogP contribution in [0.2, 0.25) is 0 Å². The molecule has 0 fully saturated rings. The third-order valence-electron chi connectivity index (χ3n) is 3.15. The Balaban J connectivity index is 1.81. The van der Waals surface area contributed by atoms with Gasteiger partial charge in [0.2, 0.25) is 0 Å². The van der Waals surface area contributed by atoms with Crippen LogP contribution >= 0.6 is 15.9 Å². The van der Waals surface area contributed by atoms with E-state index in [1.165, 1.54) is 6.08 Å². The van der Waals surface area contributed by atoms with E-state index >= 15 is 0 Å². The van der Waals surface area contributed by atoms with Crippen molar-refractivity contribution in [1.29, 1.82) is 0 Å². The summed E-state index contributed by atoms with van der Waals surface area (Å²) in [6, 6.07) is 18.4. The Hall–Kier alpha value is -2.38. The van der Waals surface area contributed by atoms with Gasteiger partial charge in [-0.1, -0.05) is 65.8 Å².